The number of anilines is 1. The zero-order chi connectivity index (χ0) is 9.26. The van der Waals surface area contributed by atoms with Crippen LogP contribution < -0.4 is 5.73 Å². The highest BCUT2D eigenvalue weighted by molar-refractivity contribution is 5.80. The third-order valence-electron chi connectivity index (χ3n) is 1.62. The predicted octanol–water partition coefficient (Wildman–Crippen LogP) is 0.111. The summed E-state index contributed by atoms with van der Waals surface area (Å²) in [6, 6.07) is 0. The lowest BCUT2D eigenvalue weighted by Crippen LogP contribution is -1.99. The number of aromatic amines is 1. The first-order chi connectivity index (χ1) is 6.31. The van der Waals surface area contributed by atoms with E-state index in [0.29, 0.717) is 29.2 Å². The normalized spacial score (nSPS) is 10.1. The van der Waals surface area contributed by atoms with Crippen molar-refractivity contribution in [1.29, 1.82) is 0 Å². The van der Waals surface area contributed by atoms with E-state index in [1.54, 1.807) is 0 Å². The molecule has 2 aromatic heterocycles. The number of aromatic nitrogens is 4. The van der Waals surface area contributed by atoms with Gasteiger partial charge in [-0.25, -0.2) is 15.0 Å². The quantitative estimate of drug-likeness (QED) is 0.600. The van der Waals surface area contributed by atoms with Crippen molar-refractivity contribution >= 4 is 17.0 Å². The predicted molar refractivity (Wildman–Crippen MR) is 48.6 cm³/mol. The van der Waals surface area contributed by atoms with E-state index in [9.17, 15) is 0 Å². The Hall–Kier alpha value is -2.09. The standard InChI is InChI=1S/C8H7N5/c1-2-3-5-12-7(9)6-8(13-5)11-4-10-6/h1,4H,3H2,(H3,9,10,11,12,13). The lowest BCUT2D eigenvalue weighted by Gasteiger charge is -1.96. The van der Waals surface area contributed by atoms with E-state index in [-0.39, 0.29) is 0 Å². The van der Waals surface area contributed by atoms with Crippen molar-refractivity contribution in [3.63, 3.8) is 0 Å². The molecule has 0 unspecified atom stereocenters. The van der Waals surface area contributed by atoms with Gasteiger partial charge in [0.05, 0.1) is 12.7 Å². The Balaban J connectivity index is 2.64. The molecule has 5 nitrogen and oxygen atoms in total. The fraction of sp³-hybridized carbons (Fsp3) is 0.125. The SMILES string of the molecule is C#CCc1nc(N)c2[nH]cnc2n1. The van der Waals surface area contributed by atoms with Gasteiger partial charge in [0.15, 0.2) is 11.5 Å². The number of H-pyrrole nitrogens is 1. The van der Waals surface area contributed by atoms with Crippen LogP contribution >= 0.6 is 0 Å². The summed E-state index contributed by atoms with van der Waals surface area (Å²) in [5, 5.41) is 0. The van der Waals surface area contributed by atoms with Gasteiger partial charge in [0.2, 0.25) is 0 Å². The maximum atomic E-state index is 5.64. The summed E-state index contributed by atoms with van der Waals surface area (Å²) in [4.78, 5) is 14.9. The third kappa shape index (κ3) is 1.18. The summed E-state index contributed by atoms with van der Waals surface area (Å²) in [5.41, 5.74) is 6.85. The van der Waals surface area contributed by atoms with Crippen LogP contribution in [0.5, 0.6) is 0 Å². The van der Waals surface area contributed by atoms with Gasteiger partial charge < -0.3 is 10.7 Å². The number of imidazole rings is 1. The van der Waals surface area contributed by atoms with Crippen LogP contribution in [0.15, 0.2) is 6.33 Å². The van der Waals surface area contributed by atoms with Gasteiger partial charge in [-0.05, 0) is 0 Å². The Morgan fingerprint density at radius 2 is 2.38 bits per heavy atom. The monoisotopic (exact) mass is 173 g/mol. The van der Waals surface area contributed by atoms with E-state index in [4.69, 9.17) is 12.2 Å². The number of fused-ring (bicyclic) bond motifs is 1. The smallest absolute Gasteiger partial charge is 0.183 e. The first kappa shape index (κ1) is 7.55. The molecule has 0 aliphatic rings. The number of nitrogens with zero attached hydrogens (tertiary/aromatic N) is 3. The van der Waals surface area contributed by atoms with E-state index < -0.39 is 0 Å². The Morgan fingerprint density at radius 3 is 3.15 bits per heavy atom. The summed E-state index contributed by atoms with van der Waals surface area (Å²) in [5.74, 6) is 3.36. The van der Waals surface area contributed by atoms with Crippen LogP contribution in [0, 0.1) is 12.3 Å². The Labute approximate surface area is 74.4 Å². The van der Waals surface area contributed by atoms with Crippen LogP contribution in [0.3, 0.4) is 0 Å². The molecule has 0 saturated heterocycles. The van der Waals surface area contributed by atoms with E-state index in [0.717, 1.165) is 0 Å². The van der Waals surface area contributed by atoms with Crippen molar-refractivity contribution in [3.05, 3.63) is 12.2 Å². The van der Waals surface area contributed by atoms with Gasteiger partial charge in [0.1, 0.15) is 11.3 Å². The first-order valence-corrected chi connectivity index (χ1v) is 3.70. The molecule has 2 rings (SSSR count). The van der Waals surface area contributed by atoms with Gasteiger partial charge in [0.25, 0.3) is 0 Å². The van der Waals surface area contributed by atoms with E-state index in [1.807, 2.05) is 0 Å². The highest BCUT2D eigenvalue weighted by atomic mass is 15.0. The zero-order valence-corrected chi connectivity index (χ0v) is 6.78. The van der Waals surface area contributed by atoms with Crippen molar-refractivity contribution in [2.75, 3.05) is 5.73 Å². The maximum absolute atomic E-state index is 5.64. The molecule has 3 N–H and O–H groups in total. The minimum Gasteiger partial charge on any atom is -0.382 e. The van der Waals surface area contributed by atoms with Crippen molar-refractivity contribution < 1.29 is 0 Å². The van der Waals surface area contributed by atoms with Gasteiger partial charge in [-0.1, -0.05) is 5.92 Å². The highest BCUT2D eigenvalue weighted by Crippen LogP contribution is 2.12. The Morgan fingerprint density at radius 1 is 1.54 bits per heavy atom. The van der Waals surface area contributed by atoms with Gasteiger partial charge >= 0.3 is 0 Å². The van der Waals surface area contributed by atoms with Crippen molar-refractivity contribution in [2.45, 2.75) is 6.42 Å². The number of terminal acetylenes is 1. The summed E-state index contributed by atoms with van der Waals surface area (Å²) in [6.07, 6.45) is 7.02. The van der Waals surface area contributed by atoms with Crippen LogP contribution in [0.2, 0.25) is 0 Å². The molecule has 2 heterocycles. The fourth-order valence-corrected chi connectivity index (χ4v) is 1.07. The van der Waals surface area contributed by atoms with Crippen molar-refractivity contribution in [3.8, 4) is 12.3 Å². The molecule has 64 valence electrons. The highest BCUT2D eigenvalue weighted by Gasteiger charge is 2.05. The van der Waals surface area contributed by atoms with Crippen LogP contribution in [0.25, 0.3) is 11.2 Å². The summed E-state index contributed by atoms with van der Waals surface area (Å²) in [7, 11) is 0. The molecule has 0 aromatic carbocycles. The number of nitrogens with one attached hydrogen (secondary N) is 1. The van der Waals surface area contributed by atoms with Gasteiger partial charge in [0, 0.05) is 0 Å². The topological polar surface area (TPSA) is 80.5 Å². The number of rotatable bonds is 1. The molecule has 0 spiro atoms. The minimum absolute atomic E-state index is 0.368. The molecule has 5 heteroatoms. The average molecular weight is 173 g/mol. The van der Waals surface area contributed by atoms with Crippen LogP contribution in [0.1, 0.15) is 5.82 Å². The Kier molecular flexibility index (Phi) is 1.60. The molecule has 0 radical (unpaired) electrons. The van der Waals surface area contributed by atoms with Gasteiger partial charge in [-0.15, -0.1) is 6.42 Å². The van der Waals surface area contributed by atoms with Crippen LogP contribution in [-0.4, -0.2) is 19.9 Å². The zero-order valence-electron chi connectivity index (χ0n) is 6.78. The molecular weight excluding hydrogens is 166 g/mol. The molecular formula is C8H7N5. The second-order valence-corrected chi connectivity index (χ2v) is 2.51. The number of hydrogen-bond acceptors (Lipinski definition) is 4. The molecule has 0 saturated carbocycles. The number of nitrogen functional groups attached to an aromatic ring is 1. The van der Waals surface area contributed by atoms with E-state index >= 15 is 0 Å². The number of nitrogens with two attached hydrogens (primary N) is 1. The molecule has 0 amide bonds. The van der Waals surface area contributed by atoms with E-state index in [1.165, 1.54) is 6.33 Å². The molecule has 0 aliphatic carbocycles. The Bertz CT molecular complexity index is 479. The molecule has 0 fully saturated rings. The summed E-state index contributed by atoms with van der Waals surface area (Å²) in [6.45, 7) is 0. The number of hydrogen-bond donors (Lipinski definition) is 2. The molecule has 0 aliphatic heterocycles. The second-order valence-electron chi connectivity index (χ2n) is 2.51. The van der Waals surface area contributed by atoms with Gasteiger partial charge in [-0.3, -0.25) is 0 Å². The van der Waals surface area contributed by atoms with Gasteiger partial charge in [-0.2, -0.15) is 0 Å². The lowest BCUT2D eigenvalue weighted by molar-refractivity contribution is 1.03. The largest absolute Gasteiger partial charge is 0.382 e. The first-order valence-electron chi connectivity index (χ1n) is 3.70. The summed E-state index contributed by atoms with van der Waals surface area (Å²) >= 11 is 0. The minimum atomic E-state index is 0.368. The third-order valence-corrected chi connectivity index (χ3v) is 1.62. The molecule has 2 aromatic rings. The molecule has 0 atom stereocenters. The van der Waals surface area contributed by atoms with Crippen LogP contribution in [0.4, 0.5) is 5.82 Å². The van der Waals surface area contributed by atoms with Crippen LogP contribution in [-0.2, 0) is 6.42 Å². The fourth-order valence-electron chi connectivity index (χ4n) is 1.07. The van der Waals surface area contributed by atoms with Crippen molar-refractivity contribution in [1.82, 2.24) is 19.9 Å². The average Bonchev–Trinajstić information content (AvgIpc) is 2.53. The van der Waals surface area contributed by atoms with E-state index in [2.05, 4.69) is 25.9 Å². The summed E-state index contributed by atoms with van der Waals surface area (Å²) < 4.78 is 0. The van der Waals surface area contributed by atoms with Crippen molar-refractivity contribution in [2.24, 2.45) is 0 Å². The molecule has 0 bridgehead atoms. The molecule has 13 heavy (non-hydrogen) atoms. The second kappa shape index (κ2) is 2.75. The lowest BCUT2D eigenvalue weighted by atomic mass is 10.4. The maximum Gasteiger partial charge on any atom is 0.183 e.